The molecular formula is C15H16N4O. The summed E-state index contributed by atoms with van der Waals surface area (Å²) < 4.78 is 6.95. The van der Waals surface area contributed by atoms with Gasteiger partial charge < -0.3 is 10.1 Å². The fourth-order valence-electron chi connectivity index (χ4n) is 2.18. The van der Waals surface area contributed by atoms with Gasteiger partial charge in [-0.2, -0.15) is 5.10 Å². The molecule has 0 fully saturated rings. The maximum Gasteiger partial charge on any atom is 0.152 e. The van der Waals surface area contributed by atoms with Gasteiger partial charge in [-0.1, -0.05) is 24.3 Å². The molecule has 1 N–H and O–H groups in total. The van der Waals surface area contributed by atoms with E-state index >= 15 is 0 Å². The lowest BCUT2D eigenvalue weighted by molar-refractivity contribution is 0.185. The molecule has 0 radical (unpaired) electrons. The molecule has 0 amide bonds. The maximum absolute atomic E-state index is 5.15. The smallest absolute Gasteiger partial charge is 0.152 e. The Morgan fingerprint density at radius 2 is 2.10 bits per heavy atom. The van der Waals surface area contributed by atoms with Crippen molar-refractivity contribution in [1.82, 2.24) is 14.6 Å². The molecule has 0 aliphatic carbocycles. The van der Waals surface area contributed by atoms with Crippen LogP contribution in [0, 0.1) is 0 Å². The largest absolute Gasteiger partial charge is 0.380 e. The average Bonchev–Trinajstić information content (AvgIpc) is 2.95. The van der Waals surface area contributed by atoms with Crippen LogP contribution in [0.2, 0.25) is 0 Å². The van der Waals surface area contributed by atoms with Gasteiger partial charge in [0.25, 0.3) is 0 Å². The molecule has 0 unspecified atom stereocenters. The van der Waals surface area contributed by atoms with Gasteiger partial charge >= 0.3 is 0 Å². The van der Waals surface area contributed by atoms with E-state index in [0.29, 0.717) is 6.61 Å². The predicted octanol–water partition coefficient (Wildman–Crippen LogP) is 2.49. The Hall–Kier alpha value is -2.40. The third-order valence-electron chi connectivity index (χ3n) is 3.09. The molecule has 0 saturated carbocycles. The minimum absolute atomic E-state index is 0.629. The Balaban J connectivity index is 1.76. The van der Waals surface area contributed by atoms with E-state index in [2.05, 4.69) is 33.6 Å². The number of fused-ring (bicyclic) bond motifs is 1. The van der Waals surface area contributed by atoms with Crippen molar-refractivity contribution in [3.8, 4) is 0 Å². The molecule has 0 atom stereocenters. The second-order valence-corrected chi connectivity index (χ2v) is 4.54. The molecule has 1 aromatic carbocycles. The Morgan fingerprint density at radius 1 is 1.20 bits per heavy atom. The molecule has 0 aliphatic rings. The number of nitrogens with zero attached hydrogens (tertiary/aromatic N) is 3. The number of hydrogen-bond donors (Lipinski definition) is 1. The zero-order valence-corrected chi connectivity index (χ0v) is 11.3. The van der Waals surface area contributed by atoms with Crippen molar-refractivity contribution in [3.05, 3.63) is 60.0 Å². The monoisotopic (exact) mass is 268 g/mol. The molecule has 102 valence electrons. The van der Waals surface area contributed by atoms with Gasteiger partial charge in [-0.25, -0.2) is 9.50 Å². The first-order valence-electron chi connectivity index (χ1n) is 6.46. The summed E-state index contributed by atoms with van der Waals surface area (Å²) in [5.74, 6) is 0.835. The minimum atomic E-state index is 0.629. The van der Waals surface area contributed by atoms with E-state index < -0.39 is 0 Å². The summed E-state index contributed by atoms with van der Waals surface area (Å²) in [5.41, 5.74) is 3.34. The second kappa shape index (κ2) is 5.71. The van der Waals surface area contributed by atoms with Crippen molar-refractivity contribution in [2.24, 2.45) is 0 Å². The normalized spacial score (nSPS) is 10.8. The van der Waals surface area contributed by atoms with Gasteiger partial charge in [-0.05, 0) is 17.2 Å². The van der Waals surface area contributed by atoms with Crippen LogP contribution in [0.25, 0.3) is 5.52 Å². The Kier molecular flexibility index (Phi) is 3.60. The Morgan fingerprint density at radius 3 is 3.00 bits per heavy atom. The lowest BCUT2D eigenvalue weighted by Gasteiger charge is -2.08. The van der Waals surface area contributed by atoms with Gasteiger partial charge in [-0.3, -0.25) is 0 Å². The van der Waals surface area contributed by atoms with Crippen molar-refractivity contribution < 1.29 is 4.74 Å². The van der Waals surface area contributed by atoms with Crippen molar-refractivity contribution in [2.75, 3.05) is 12.4 Å². The van der Waals surface area contributed by atoms with Crippen molar-refractivity contribution >= 4 is 11.3 Å². The highest BCUT2D eigenvalue weighted by Gasteiger charge is 2.03. The third kappa shape index (κ3) is 2.62. The van der Waals surface area contributed by atoms with Crippen molar-refractivity contribution in [2.45, 2.75) is 13.2 Å². The second-order valence-electron chi connectivity index (χ2n) is 4.54. The van der Waals surface area contributed by atoms with E-state index in [4.69, 9.17) is 4.74 Å². The fourth-order valence-corrected chi connectivity index (χ4v) is 2.18. The summed E-state index contributed by atoms with van der Waals surface area (Å²) in [5, 5.41) is 7.54. The molecule has 2 heterocycles. The maximum atomic E-state index is 5.15. The molecule has 3 aromatic rings. The summed E-state index contributed by atoms with van der Waals surface area (Å²) >= 11 is 0. The van der Waals surface area contributed by atoms with Gasteiger partial charge in [0, 0.05) is 26.0 Å². The first-order chi connectivity index (χ1) is 9.86. The average molecular weight is 268 g/mol. The van der Waals surface area contributed by atoms with E-state index in [1.54, 1.807) is 24.0 Å². The summed E-state index contributed by atoms with van der Waals surface area (Å²) in [4.78, 5) is 4.36. The highest BCUT2D eigenvalue weighted by molar-refractivity contribution is 5.66. The molecule has 2 aromatic heterocycles. The van der Waals surface area contributed by atoms with Crippen molar-refractivity contribution in [3.63, 3.8) is 0 Å². The number of methoxy groups -OCH3 is 1. The third-order valence-corrected chi connectivity index (χ3v) is 3.09. The van der Waals surface area contributed by atoms with Crippen LogP contribution in [0.3, 0.4) is 0 Å². The topological polar surface area (TPSA) is 51.5 Å². The highest BCUT2D eigenvalue weighted by Crippen LogP contribution is 2.14. The van der Waals surface area contributed by atoms with Crippen LogP contribution in [0.1, 0.15) is 11.1 Å². The van der Waals surface area contributed by atoms with Crippen LogP contribution in [-0.4, -0.2) is 21.7 Å². The van der Waals surface area contributed by atoms with Crippen molar-refractivity contribution in [1.29, 1.82) is 0 Å². The molecule has 20 heavy (non-hydrogen) atoms. The molecule has 0 aliphatic heterocycles. The lowest BCUT2D eigenvalue weighted by Crippen LogP contribution is -2.04. The van der Waals surface area contributed by atoms with Crippen LogP contribution in [0.15, 0.2) is 48.9 Å². The molecular weight excluding hydrogens is 252 g/mol. The van der Waals surface area contributed by atoms with Gasteiger partial charge in [0.15, 0.2) is 5.82 Å². The van der Waals surface area contributed by atoms with Gasteiger partial charge in [0.1, 0.15) is 5.52 Å². The summed E-state index contributed by atoms with van der Waals surface area (Å²) in [6.07, 6.45) is 5.34. The number of hydrogen-bond acceptors (Lipinski definition) is 4. The number of nitrogens with one attached hydrogen (secondary N) is 1. The van der Waals surface area contributed by atoms with Gasteiger partial charge in [0.05, 0.1) is 12.8 Å². The van der Waals surface area contributed by atoms with Crippen LogP contribution < -0.4 is 5.32 Å². The van der Waals surface area contributed by atoms with E-state index in [-0.39, 0.29) is 0 Å². The summed E-state index contributed by atoms with van der Waals surface area (Å²) in [6.45, 7) is 1.35. The number of anilines is 1. The van der Waals surface area contributed by atoms with E-state index in [1.807, 2.05) is 18.3 Å². The summed E-state index contributed by atoms with van der Waals surface area (Å²) in [7, 11) is 1.70. The molecule has 5 heteroatoms. The molecule has 5 nitrogen and oxygen atoms in total. The molecule has 3 rings (SSSR count). The van der Waals surface area contributed by atoms with Crippen LogP contribution in [-0.2, 0) is 17.9 Å². The zero-order chi connectivity index (χ0) is 13.8. The number of ether oxygens (including phenoxy) is 1. The quantitative estimate of drug-likeness (QED) is 0.772. The SMILES string of the molecule is COCc1cccc(CNc2nccn3nccc23)c1. The van der Waals surface area contributed by atoms with Gasteiger partial charge in [0.2, 0.25) is 0 Å². The van der Waals surface area contributed by atoms with E-state index in [9.17, 15) is 0 Å². The van der Waals surface area contributed by atoms with Crippen LogP contribution >= 0.6 is 0 Å². The number of benzene rings is 1. The molecule has 0 bridgehead atoms. The Bertz CT molecular complexity index is 708. The Labute approximate surface area is 117 Å². The first kappa shape index (κ1) is 12.6. The first-order valence-corrected chi connectivity index (χ1v) is 6.46. The standard InChI is InChI=1S/C15H16N4O/c1-20-11-13-4-2-3-12(9-13)10-17-15-14-5-6-18-19(14)8-7-16-15/h2-9H,10-11H2,1H3,(H,16,17). The lowest BCUT2D eigenvalue weighted by atomic mass is 10.1. The van der Waals surface area contributed by atoms with Gasteiger partial charge in [-0.15, -0.1) is 0 Å². The number of aromatic nitrogens is 3. The molecule has 0 saturated heterocycles. The summed E-state index contributed by atoms with van der Waals surface area (Å²) in [6, 6.07) is 10.3. The van der Waals surface area contributed by atoms with E-state index in [0.717, 1.165) is 17.9 Å². The fraction of sp³-hybridized carbons (Fsp3) is 0.200. The predicted molar refractivity (Wildman–Crippen MR) is 77.5 cm³/mol. The highest BCUT2D eigenvalue weighted by atomic mass is 16.5. The minimum Gasteiger partial charge on any atom is -0.380 e. The number of rotatable bonds is 5. The van der Waals surface area contributed by atoms with Crippen LogP contribution in [0.5, 0.6) is 0 Å². The van der Waals surface area contributed by atoms with Crippen LogP contribution in [0.4, 0.5) is 5.82 Å². The van der Waals surface area contributed by atoms with E-state index in [1.165, 1.54) is 11.1 Å². The zero-order valence-electron chi connectivity index (χ0n) is 11.3. The molecule has 0 spiro atoms.